The summed E-state index contributed by atoms with van der Waals surface area (Å²) in [4.78, 5) is 4.94. The van der Waals surface area contributed by atoms with E-state index < -0.39 is 0 Å². The summed E-state index contributed by atoms with van der Waals surface area (Å²) in [5.74, 6) is 0. The summed E-state index contributed by atoms with van der Waals surface area (Å²) in [6.45, 7) is 6.24. The first kappa shape index (κ1) is 18.8. The van der Waals surface area contributed by atoms with Crippen LogP contribution < -0.4 is 0 Å². The lowest BCUT2D eigenvalue weighted by Gasteiger charge is -2.34. The van der Waals surface area contributed by atoms with Gasteiger partial charge >= 0.3 is 0 Å². The summed E-state index contributed by atoms with van der Waals surface area (Å²) in [5, 5.41) is 2.15. The van der Waals surface area contributed by atoms with Crippen LogP contribution in [0.1, 0.15) is 11.1 Å². The van der Waals surface area contributed by atoms with Gasteiger partial charge in [-0.15, -0.1) is 0 Å². The van der Waals surface area contributed by atoms with E-state index in [0.717, 1.165) is 49.9 Å². The fourth-order valence-corrected chi connectivity index (χ4v) is 3.54. The zero-order valence-electron chi connectivity index (χ0n) is 14.0. The lowest BCUT2D eigenvalue weighted by atomic mass is 10.2. The van der Waals surface area contributed by atoms with E-state index in [1.807, 2.05) is 24.3 Å². The van der Waals surface area contributed by atoms with E-state index in [-0.39, 0.29) is 0 Å². The van der Waals surface area contributed by atoms with E-state index in [2.05, 4.69) is 34.1 Å². The molecule has 132 valence electrons. The van der Waals surface area contributed by atoms with Crippen molar-refractivity contribution in [1.82, 2.24) is 9.80 Å². The second kappa shape index (κ2) is 9.07. The summed E-state index contributed by atoms with van der Waals surface area (Å²) in [6.07, 6.45) is 4.24. The number of piperazine rings is 1. The molecule has 0 bridgehead atoms. The fourth-order valence-electron chi connectivity index (χ4n) is 2.94. The Morgan fingerprint density at radius 3 is 2.12 bits per heavy atom. The largest absolute Gasteiger partial charge is 0.297 e. The molecule has 0 spiro atoms. The third-order valence-corrected chi connectivity index (χ3v) is 5.22. The Balaban J connectivity index is 1.44. The quantitative estimate of drug-likeness (QED) is 0.661. The van der Waals surface area contributed by atoms with Crippen molar-refractivity contribution in [3.63, 3.8) is 0 Å². The van der Waals surface area contributed by atoms with Gasteiger partial charge in [0.15, 0.2) is 0 Å². The van der Waals surface area contributed by atoms with Crippen LogP contribution in [0.4, 0.5) is 0 Å². The molecular formula is C20H21Cl3N2. The lowest BCUT2D eigenvalue weighted by molar-refractivity contribution is 0.137. The van der Waals surface area contributed by atoms with Gasteiger partial charge in [0.1, 0.15) is 0 Å². The molecule has 0 atom stereocenters. The van der Waals surface area contributed by atoms with Gasteiger partial charge in [0, 0.05) is 54.3 Å². The van der Waals surface area contributed by atoms with E-state index in [0.29, 0.717) is 10.0 Å². The van der Waals surface area contributed by atoms with Gasteiger partial charge in [-0.1, -0.05) is 65.2 Å². The molecule has 1 fully saturated rings. The van der Waals surface area contributed by atoms with E-state index in [9.17, 15) is 0 Å². The van der Waals surface area contributed by atoms with Crippen LogP contribution in [0.25, 0.3) is 6.08 Å². The van der Waals surface area contributed by atoms with Crippen molar-refractivity contribution in [2.45, 2.75) is 6.54 Å². The van der Waals surface area contributed by atoms with Crippen molar-refractivity contribution < 1.29 is 0 Å². The van der Waals surface area contributed by atoms with Crippen molar-refractivity contribution >= 4 is 40.9 Å². The molecule has 0 aliphatic carbocycles. The normalized spacial score (nSPS) is 16.6. The van der Waals surface area contributed by atoms with Crippen LogP contribution >= 0.6 is 34.8 Å². The predicted molar refractivity (Wildman–Crippen MR) is 109 cm³/mol. The maximum absolute atomic E-state index is 6.19. The Kier molecular flexibility index (Phi) is 6.80. The number of hydrogen-bond acceptors (Lipinski definition) is 2. The van der Waals surface area contributed by atoms with Crippen LogP contribution in [0.15, 0.2) is 48.5 Å². The standard InChI is InChI=1S/C20H21Cl3N2/c21-18-6-3-16(4-7-18)15-25-12-10-24(11-13-25)9-1-2-17-5-8-19(22)14-20(17)23/h1-8,14H,9-13,15H2/b2-1+. The molecule has 1 aliphatic heterocycles. The number of benzene rings is 2. The third-order valence-electron chi connectivity index (χ3n) is 4.41. The van der Waals surface area contributed by atoms with Crippen LogP contribution in [0.2, 0.25) is 15.1 Å². The lowest BCUT2D eigenvalue weighted by Crippen LogP contribution is -2.45. The molecular weight excluding hydrogens is 375 g/mol. The first-order chi connectivity index (χ1) is 12.1. The summed E-state index contributed by atoms with van der Waals surface area (Å²) in [5.41, 5.74) is 2.32. The van der Waals surface area contributed by atoms with Gasteiger partial charge in [0.25, 0.3) is 0 Å². The fraction of sp³-hybridized carbons (Fsp3) is 0.300. The van der Waals surface area contributed by atoms with Crippen molar-refractivity contribution in [2.75, 3.05) is 32.7 Å². The molecule has 0 unspecified atom stereocenters. The second-order valence-electron chi connectivity index (χ2n) is 6.27. The Hall–Kier alpha value is -1.03. The molecule has 2 nitrogen and oxygen atoms in total. The molecule has 2 aromatic carbocycles. The SMILES string of the molecule is Clc1ccc(CN2CCN(C/C=C/c3ccc(Cl)cc3Cl)CC2)cc1. The van der Waals surface area contributed by atoms with Crippen molar-refractivity contribution in [3.8, 4) is 0 Å². The molecule has 1 heterocycles. The average Bonchev–Trinajstić information content (AvgIpc) is 2.60. The van der Waals surface area contributed by atoms with E-state index in [1.54, 1.807) is 6.07 Å². The predicted octanol–water partition coefficient (Wildman–Crippen LogP) is 5.48. The maximum atomic E-state index is 6.19. The zero-order valence-corrected chi connectivity index (χ0v) is 16.2. The topological polar surface area (TPSA) is 6.48 Å². The summed E-state index contributed by atoms with van der Waals surface area (Å²) >= 11 is 18.1. The minimum absolute atomic E-state index is 0.666. The number of nitrogens with zero attached hydrogens (tertiary/aromatic N) is 2. The molecule has 2 aromatic rings. The zero-order chi connectivity index (χ0) is 17.6. The third kappa shape index (κ3) is 5.73. The molecule has 0 radical (unpaired) electrons. The van der Waals surface area contributed by atoms with Gasteiger partial charge in [-0.3, -0.25) is 9.80 Å². The summed E-state index contributed by atoms with van der Waals surface area (Å²) in [7, 11) is 0. The second-order valence-corrected chi connectivity index (χ2v) is 7.55. The maximum Gasteiger partial charge on any atom is 0.0493 e. The highest BCUT2D eigenvalue weighted by atomic mass is 35.5. The Bertz CT molecular complexity index is 720. The highest BCUT2D eigenvalue weighted by Gasteiger charge is 2.15. The number of hydrogen-bond donors (Lipinski definition) is 0. The number of rotatable bonds is 5. The molecule has 0 aromatic heterocycles. The molecule has 1 aliphatic rings. The molecule has 3 rings (SSSR count). The number of halogens is 3. The Morgan fingerprint density at radius 2 is 1.44 bits per heavy atom. The highest BCUT2D eigenvalue weighted by molar-refractivity contribution is 6.35. The minimum Gasteiger partial charge on any atom is -0.297 e. The minimum atomic E-state index is 0.666. The summed E-state index contributed by atoms with van der Waals surface area (Å²) in [6, 6.07) is 13.7. The highest BCUT2D eigenvalue weighted by Crippen LogP contribution is 2.22. The Labute approximate surface area is 164 Å². The molecule has 0 N–H and O–H groups in total. The van der Waals surface area contributed by atoms with Gasteiger partial charge in [-0.25, -0.2) is 0 Å². The van der Waals surface area contributed by atoms with Gasteiger partial charge < -0.3 is 0 Å². The van der Waals surface area contributed by atoms with Gasteiger partial charge in [0.2, 0.25) is 0 Å². The van der Waals surface area contributed by atoms with Gasteiger partial charge in [0.05, 0.1) is 0 Å². The Morgan fingerprint density at radius 1 is 0.800 bits per heavy atom. The molecule has 25 heavy (non-hydrogen) atoms. The van der Waals surface area contributed by atoms with Crippen LogP contribution in [0.3, 0.4) is 0 Å². The van der Waals surface area contributed by atoms with Crippen LogP contribution in [0, 0.1) is 0 Å². The van der Waals surface area contributed by atoms with E-state index in [1.165, 1.54) is 5.56 Å². The average molecular weight is 396 g/mol. The van der Waals surface area contributed by atoms with Crippen molar-refractivity contribution in [1.29, 1.82) is 0 Å². The van der Waals surface area contributed by atoms with E-state index in [4.69, 9.17) is 34.8 Å². The van der Waals surface area contributed by atoms with Crippen LogP contribution in [0.5, 0.6) is 0 Å². The smallest absolute Gasteiger partial charge is 0.0493 e. The molecule has 0 amide bonds. The first-order valence-corrected chi connectivity index (χ1v) is 9.54. The van der Waals surface area contributed by atoms with Crippen LogP contribution in [-0.2, 0) is 6.54 Å². The summed E-state index contributed by atoms with van der Waals surface area (Å²) < 4.78 is 0. The van der Waals surface area contributed by atoms with Crippen molar-refractivity contribution in [2.24, 2.45) is 0 Å². The monoisotopic (exact) mass is 394 g/mol. The van der Waals surface area contributed by atoms with Gasteiger partial charge in [-0.2, -0.15) is 0 Å². The molecule has 5 heteroatoms. The van der Waals surface area contributed by atoms with E-state index >= 15 is 0 Å². The first-order valence-electron chi connectivity index (χ1n) is 8.41. The van der Waals surface area contributed by atoms with Gasteiger partial charge in [-0.05, 0) is 35.4 Å². The van der Waals surface area contributed by atoms with Crippen LogP contribution in [-0.4, -0.2) is 42.5 Å². The molecule has 1 saturated heterocycles. The van der Waals surface area contributed by atoms with Crippen molar-refractivity contribution in [3.05, 3.63) is 74.7 Å². The molecule has 0 saturated carbocycles.